The van der Waals surface area contributed by atoms with Crippen molar-refractivity contribution in [2.45, 2.75) is 12.2 Å². The quantitative estimate of drug-likeness (QED) is 0.511. The molecule has 1 unspecified atom stereocenters. The van der Waals surface area contributed by atoms with Crippen LogP contribution in [0.5, 0.6) is 0 Å². The summed E-state index contributed by atoms with van der Waals surface area (Å²) in [6.45, 7) is 3.49. The SMILES string of the molecule is C=CC(NN)c1ccc(Br)c(C(F)(F)F)c1. The number of halogens is 4. The van der Waals surface area contributed by atoms with Crippen LogP contribution in [0.15, 0.2) is 35.3 Å². The summed E-state index contributed by atoms with van der Waals surface area (Å²) in [7, 11) is 0. The second-order valence-corrected chi connectivity index (χ2v) is 3.97. The second kappa shape index (κ2) is 4.99. The molecular weight excluding hydrogens is 285 g/mol. The van der Waals surface area contributed by atoms with Crippen LogP contribution in [0.1, 0.15) is 17.2 Å². The average molecular weight is 295 g/mol. The summed E-state index contributed by atoms with van der Waals surface area (Å²) >= 11 is 2.86. The van der Waals surface area contributed by atoms with Gasteiger partial charge in [0.15, 0.2) is 0 Å². The lowest BCUT2D eigenvalue weighted by atomic mass is 10.0. The Morgan fingerprint density at radius 2 is 2.06 bits per heavy atom. The second-order valence-electron chi connectivity index (χ2n) is 3.12. The lowest BCUT2D eigenvalue weighted by Crippen LogP contribution is -2.26. The Balaban J connectivity index is 3.22. The zero-order valence-corrected chi connectivity index (χ0v) is 9.77. The van der Waals surface area contributed by atoms with E-state index in [0.29, 0.717) is 5.56 Å². The van der Waals surface area contributed by atoms with Gasteiger partial charge in [0, 0.05) is 4.47 Å². The van der Waals surface area contributed by atoms with Gasteiger partial charge < -0.3 is 0 Å². The van der Waals surface area contributed by atoms with Crippen LogP contribution in [-0.2, 0) is 6.18 Å². The molecule has 0 aliphatic carbocycles. The predicted molar refractivity (Wildman–Crippen MR) is 59.4 cm³/mol. The van der Waals surface area contributed by atoms with Crippen LogP contribution in [0.3, 0.4) is 0 Å². The minimum absolute atomic E-state index is 0.00332. The molecule has 0 amide bonds. The zero-order chi connectivity index (χ0) is 12.3. The van der Waals surface area contributed by atoms with Crippen LogP contribution >= 0.6 is 15.9 Å². The van der Waals surface area contributed by atoms with Gasteiger partial charge in [-0.15, -0.1) is 6.58 Å². The van der Waals surface area contributed by atoms with Crippen molar-refractivity contribution in [3.63, 3.8) is 0 Å². The van der Waals surface area contributed by atoms with E-state index in [9.17, 15) is 13.2 Å². The molecule has 2 nitrogen and oxygen atoms in total. The minimum atomic E-state index is -4.39. The number of nitrogens with two attached hydrogens (primary N) is 1. The lowest BCUT2D eigenvalue weighted by Gasteiger charge is -2.15. The van der Waals surface area contributed by atoms with Crippen molar-refractivity contribution in [2.75, 3.05) is 0 Å². The minimum Gasteiger partial charge on any atom is -0.271 e. The van der Waals surface area contributed by atoms with E-state index in [1.165, 1.54) is 12.1 Å². The third-order valence-electron chi connectivity index (χ3n) is 2.07. The highest BCUT2D eigenvalue weighted by molar-refractivity contribution is 9.10. The summed E-state index contributed by atoms with van der Waals surface area (Å²) in [4.78, 5) is 0. The summed E-state index contributed by atoms with van der Waals surface area (Å²) in [5.74, 6) is 5.20. The summed E-state index contributed by atoms with van der Waals surface area (Å²) < 4.78 is 37.8. The van der Waals surface area contributed by atoms with Crippen molar-refractivity contribution in [3.8, 4) is 0 Å². The third kappa shape index (κ3) is 2.84. The summed E-state index contributed by atoms with van der Waals surface area (Å²) in [6.07, 6.45) is -2.96. The Labute approximate surface area is 99.4 Å². The molecule has 0 saturated carbocycles. The standard InChI is InChI=1S/C10H10BrF3N2/c1-2-9(16-15)6-3-4-8(11)7(5-6)10(12,13)14/h2-5,9,16H,1,15H2. The van der Waals surface area contributed by atoms with Crippen molar-refractivity contribution in [2.24, 2.45) is 5.84 Å². The number of hydrogen-bond acceptors (Lipinski definition) is 2. The number of rotatable bonds is 3. The van der Waals surface area contributed by atoms with E-state index < -0.39 is 17.8 Å². The molecule has 0 heterocycles. The van der Waals surface area contributed by atoms with Gasteiger partial charge in [0.05, 0.1) is 11.6 Å². The Morgan fingerprint density at radius 1 is 1.44 bits per heavy atom. The van der Waals surface area contributed by atoms with Gasteiger partial charge in [-0.2, -0.15) is 13.2 Å². The largest absolute Gasteiger partial charge is 0.417 e. The van der Waals surface area contributed by atoms with Crippen LogP contribution in [0, 0.1) is 0 Å². The Morgan fingerprint density at radius 3 is 2.50 bits per heavy atom. The van der Waals surface area contributed by atoms with Crippen molar-refractivity contribution < 1.29 is 13.2 Å². The van der Waals surface area contributed by atoms with Crippen molar-refractivity contribution in [3.05, 3.63) is 46.5 Å². The monoisotopic (exact) mass is 294 g/mol. The highest BCUT2D eigenvalue weighted by atomic mass is 79.9. The fourth-order valence-electron chi connectivity index (χ4n) is 1.25. The number of nitrogens with one attached hydrogen (secondary N) is 1. The molecule has 0 bridgehead atoms. The number of benzene rings is 1. The maximum atomic E-state index is 12.6. The van der Waals surface area contributed by atoms with Gasteiger partial charge in [-0.05, 0) is 17.7 Å². The predicted octanol–water partition coefficient (Wildman–Crippen LogP) is 3.16. The Hall–Kier alpha value is -0.850. The molecule has 1 rings (SSSR count). The first kappa shape index (κ1) is 13.2. The van der Waals surface area contributed by atoms with Gasteiger partial charge in [-0.3, -0.25) is 5.84 Å². The molecular formula is C10H10BrF3N2. The molecule has 1 atom stereocenters. The maximum Gasteiger partial charge on any atom is 0.417 e. The van der Waals surface area contributed by atoms with Crippen molar-refractivity contribution in [1.82, 2.24) is 5.43 Å². The average Bonchev–Trinajstić information content (AvgIpc) is 2.20. The molecule has 0 aliphatic rings. The fourth-order valence-corrected chi connectivity index (χ4v) is 1.73. The van der Waals surface area contributed by atoms with E-state index in [0.717, 1.165) is 6.07 Å². The fraction of sp³-hybridized carbons (Fsp3) is 0.200. The topological polar surface area (TPSA) is 38.0 Å². The maximum absolute atomic E-state index is 12.6. The molecule has 0 radical (unpaired) electrons. The molecule has 16 heavy (non-hydrogen) atoms. The van der Waals surface area contributed by atoms with E-state index in [1.54, 1.807) is 6.07 Å². The van der Waals surface area contributed by atoms with Gasteiger partial charge in [0.2, 0.25) is 0 Å². The van der Waals surface area contributed by atoms with Crippen LogP contribution in [0.25, 0.3) is 0 Å². The highest BCUT2D eigenvalue weighted by Crippen LogP contribution is 2.36. The summed E-state index contributed by atoms with van der Waals surface area (Å²) in [6, 6.07) is 3.42. The van der Waals surface area contributed by atoms with Gasteiger partial charge >= 0.3 is 6.18 Å². The van der Waals surface area contributed by atoms with Crippen LogP contribution in [0.4, 0.5) is 13.2 Å². The molecule has 0 spiro atoms. The molecule has 3 N–H and O–H groups in total. The Bertz CT molecular complexity index is 390. The summed E-state index contributed by atoms with van der Waals surface area (Å²) in [5, 5.41) is 0. The van der Waals surface area contributed by atoms with E-state index in [2.05, 4.69) is 27.9 Å². The molecule has 6 heteroatoms. The van der Waals surface area contributed by atoms with E-state index in [4.69, 9.17) is 5.84 Å². The number of hydrogen-bond donors (Lipinski definition) is 2. The molecule has 0 aliphatic heterocycles. The molecule has 1 aromatic carbocycles. The van der Waals surface area contributed by atoms with Gasteiger partial charge in [-0.1, -0.05) is 28.1 Å². The van der Waals surface area contributed by atoms with Gasteiger partial charge in [-0.25, -0.2) is 5.43 Å². The number of hydrazine groups is 1. The summed E-state index contributed by atoms with van der Waals surface area (Å²) in [5.41, 5.74) is 2.05. The third-order valence-corrected chi connectivity index (χ3v) is 2.76. The van der Waals surface area contributed by atoms with Crippen LogP contribution in [-0.4, -0.2) is 0 Å². The van der Waals surface area contributed by atoms with Crippen molar-refractivity contribution in [1.29, 1.82) is 0 Å². The smallest absolute Gasteiger partial charge is 0.271 e. The zero-order valence-electron chi connectivity index (χ0n) is 8.18. The first-order valence-corrected chi connectivity index (χ1v) is 5.14. The first-order valence-electron chi connectivity index (χ1n) is 4.35. The molecule has 0 aromatic heterocycles. The van der Waals surface area contributed by atoms with E-state index in [-0.39, 0.29) is 4.47 Å². The lowest BCUT2D eigenvalue weighted by molar-refractivity contribution is -0.138. The van der Waals surface area contributed by atoms with Crippen molar-refractivity contribution >= 4 is 15.9 Å². The molecule has 88 valence electrons. The first-order chi connectivity index (χ1) is 7.40. The molecule has 1 aromatic rings. The van der Waals surface area contributed by atoms with Gasteiger partial charge in [0.1, 0.15) is 0 Å². The van der Waals surface area contributed by atoms with E-state index in [1.807, 2.05) is 0 Å². The van der Waals surface area contributed by atoms with Gasteiger partial charge in [0.25, 0.3) is 0 Å². The molecule has 0 fully saturated rings. The molecule has 0 saturated heterocycles. The van der Waals surface area contributed by atoms with Crippen LogP contribution < -0.4 is 11.3 Å². The Kier molecular flexibility index (Phi) is 4.12. The van der Waals surface area contributed by atoms with Crippen LogP contribution in [0.2, 0.25) is 0 Å². The van der Waals surface area contributed by atoms with E-state index >= 15 is 0 Å². The highest BCUT2D eigenvalue weighted by Gasteiger charge is 2.33. The number of alkyl halides is 3. The normalized spacial score (nSPS) is 13.6.